The van der Waals surface area contributed by atoms with Gasteiger partial charge in [0.05, 0.1) is 6.54 Å². The van der Waals surface area contributed by atoms with Crippen molar-refractivity contribution in [2.45, 2.75) is 73.5 Å². The number of Topliss-reactive ketones (excluding diaryl/α,β-unsaturated/α-hetero) is 1. The van der Waals surface area contributed by atoms with Gasteiger partial charge in [0.1, 0.15) is 12.4 Å². The van der Waals surface area contributed by atoms with Crippen LogP contribution in [0.15, 0.2) is 18.2 Å². The minimum Gasteiger partial charge on any atom is -0.461 e. The van der Waals surface area contributed by atoms with E-state index in [2.05, 4.69) is 5.32 Å². The lowest BCUT2D eigenvalue weighted by molar-refractivity contribution is -0.145. The Morgan fingerprint density at radius 1 is 0.966 bits per heavy atom. The Hall–Kier alpha value is -2.21. The van der Waals surface area contributed by atoms with E-state index in [0.717, 1.165) is 0 Å². The summed E-state index contributed by atoms with van der Waals surface area (Å²) in [4.78, 5) is 36.5. The molecular formula is C23H35NO5. The molecule has 0 aromatic heterocycles. The highest BCUT2D eigenvalue weighted by atomic mass is 16.5. The molecule has 0 aliphatic heterocycles. The lowest BCUT2D eigenvalue weighted by Crippen LogP contribution is -2.39. The average Bonchev–Trinajstić information content (AvgIpc) is 2.56. The highest BCUT2D eigenvalue weighted by molar-refractivity contribution is 5.98. The van der Waals surface area contributed by atoms with Gasteiger partial charge in [-0.05, 0) is 50.8 Å². The number of ketones is 1. The number of carbonyl (C=O) groups excluding carboxylic acids is 3. The van der Waals surface area contributed by atoms with Crippen LogP contribution in [0, 0.1) is 11.8 Å². The van der Waals surface area contributed by atoms with E-state index in [1.807, 2.05) is 48.5 Å². The fourth-order valence-corrected chi connectivity index (χ4v) is 2.46. The summed E-state index contributed by atoms with van der Waals surface area (Å²) >= 11 is 0. The zero-order chi connectivity index (χ0) is 22.2. The molecule has 0 saturated heterocycles. The second-order valence-electron chi connectivity index (χ2n) is 9.18. The Balaban J connectivity index is 3.00. The molecule has 1 aromatic rings. The molecule has 1 aromatic carbocycles. The fraction of sp³-hybridized carbons (Fsp3) is 0.609. The van der Waals surface area contributed by atoms with Gasteiger partial charge in [-0.1, -0.05) is 27.7 Å². The van der Waals surface area contributed by atoms with Crippen LogP contribution in [-0.2, 0) is 20.9 Å². The van der Waals surface area contributed by atoms with E-state index in [-0.39, 0.29) is 54.7 Å². The standard InChI is InChI=1S/C23H35NO5/c1-15(2)10-21(26)28-14-18-12-17(19(25)13-24-23(5,6)7)8-9-20(18)29-22(27)11-16(3)4/h8-9,12,15-16,24H,10-11,13-14H2,1-7H3. The molecule has 6 nitrogen and oxygen atoms in total. The molecule has 0 atom stereocenters. The van der Waals surface area contributed by atoms with Gasteiger partial charge in [-0.2, -0.15) is 0 Å². The lowest BCUT2D eigenvalue weighted by atomic mass is 10.0. The SMILES string of the molecule is CC(C)CC(=O)OCc1cc(C(=O)CNC(C)(C)C)ccc1OC(=O)CC(C)C. The largest absolute Gasteiger partial charge is 0.461 e. The normalized spacial score (nSPS) is 11.6. The van der Waals surface area contributed by atoms with Gasteiger partial charge in [0.25, 0.3) is 0 Å². The Morgan fingerprint density at radius 2 is 1.55 bits per heavy atom. The van der Waals surface area contributed by atoms with Crippen LogP contribution < -0.4 is 10.1 Å². The molecule has 0 aliphatic rings. The predicted octanol–water partition coefficient (Wildman–Crippen LogP) is 4.30. The molecule has 0 fully saturated rings. The van der Waals surface area contributed by atoms with Crippen LogP contribution >= 0.6 is 0 Å². The molecule has 29 heavy (non-hydrogen) atoms. The van der Waals surface area contributed by atoms with Gasteiger partial charge in [0.15, 0.2) is 5.78 Å². The van der Waals surface area contributed by atoms with Crippen molar-refractivity contribution in [3.63, 3.8) is 0 Å². The van der Waals surface area contributed by atoms with Gasteiger partial charge in [-0.25, -0.2) is 0 Å². The van der Waals surface area contributed by atoms with Crippen molar-refractivity contribution in [1.29, 1.82) is 0 Å². The van der Waals surface area contributed by atoms with Crippen LogP contribution in [0.25, 0.3) is 0 Å². The Kier molecular flexibility index (Phi) is 9.50. The molecule has 0 bridgehead atoms. The first-order valence-electron chi connectivity index (χ1n) is 10.1. The van der Waals surface area contributed by atoms with Crippen LogP contribution in [0.4, 0.5) is 0 Å². The summed E-state index contributed by atoms with van der Waals surface area (Å²) in [6.45, 7) is 13.8. The molecule has 1 N–H and O–H groups in total. The topological polar surface area (TPSA) is 81.7 Å². The average molecular weight is 406 g/mol. The van der Waals surface area contributed by atoms with Crippen LogP contribution in [0.2, 0.25) is 0 Å². The number of nitrogens with one attached hydrogen (secondary N) is 1. The number of benzene rings is 1. The third-order valence-electron chi connectivity index (χ3n) is 3.92. The van der Waals surface area contributed by atoms with Crippen molar-refractivity contribution >= 4 is 17.7 Å². The van der Waals surface area contributed by atoms with Crippen molar-refractivity contribution in [2.75, 3.05) is 6.54 Å². The maximum Gasteiger partial charge on any atom is 0.311 e. The first-order valence-corrected chi connectivity index (χ1v) is 10.1. The molecule has 1 rings (SSSR count). The summed E-state index contributed by atoms with van der Waals surface area (Å²) in [5, 5.41) is 3.16. The number of hydrogen-bond acceptors (Lipinski definition) is 6. The summed E-state index contributed by atoms with van der Waals surface area (Å²) in [6, 6.07) is 4.85. The summed E-state index contributed by atoms with van der Waals surface area (Å²) < 4.78 is 10.8. The highest BCUT2D eigenvalue weighted by Crippen LogP contribution is 2.23. The minimum atomic E-state index is -0.358. The third-order valence-corrected chi connectivity index (χ3v) is 3.92. The number of esters is 2. The Bertz CT molecular complexity index is 716. The molecule has 0 radical (unpaired) electrons. The third kappa shape index (κ3) is 10.2. The van der Waals surface area contributed by atoms with Crippen molar-refractivity contribution in [3.05, 3.63) is 29.3 Å². The van der Waals surface area contributed by atoms with Gasteiger partial charge >= 0.3 is 11.9 Å². The number of rotatable bonds is 10. The maximum absolute atomic E-state index is 12.5. The van der Waals surface area contributed by atoms with Crippen LogP contribution in [0.1, 0.15) is 77.2 Å². The van der Waals surface area contributed by atoms with Crippen molar-refractivity contribution < 1.29 is 23.9 Å². The quantitative estimate of drug-likeness (QED) is 0.355. The molecule has 0 amide bonds. The molecule has 0 saturated carbocycles. The monoisotopic (exact) mass is 405 g/mol. The van der Waals surface area contributed by atoms with Crippen LogP contribution in [-0.4, -0.2) is 29.8 Å². The molecule has 0 unspecified atom stereocenters. The number of hydrogen-bond donors (Lipinski definition) is 1. The second-order valence-corrected chi connectivity index (χ2v) is 9.18. The van der Waals surface area contributed by atoms with Gasteiger partial charge in [0, 0.05) is 29.5 Å². The van der Waals surface area contributed by atoms with Crippen molar-refractivity contribution in [3.8, 4) is 5.75 Å². The lowest BCUT2D eigenvalue weighted by Gasteiger charge is -2.20. The van der Waals surface area contributed by atoms with Crippen molar-refractivity contribution in [1.82, 2.24) is 5.32 Å². The maximum atomic E-state index is 12.5. The van der Waals surface area contributed by atoms with E-state index in [1.165, 1.54) is 0 Å². The number of carbonyl (C=O) groups is 3. The molecule has 0 heterocycles. The fourth-order valence-electron chi connectivity index (χ4n) is 2.46. The van der Waals surface area contributed by atoms with Gasteiger partial charge < -0.3 is 14.8 Å². The minimum absolute atomic E-state index is 0.0519. The first-order chi connectivity index (χ1) is 13.4. The Morgan fingerprint density at radius 3 is 2.10 bits per heavy atom. The molecule has 0 aliphatic carbocycles. The van der Waals surface area contributed by atoms with E-state index >= 15 is 0 Å². The molecular weight excluding hydrogens is 370 g/mol. The summed E-state index contributed by atoms with van der Waals surface area (Å²) in [5.74, 6) is -0.113. The van der Waals surface area contributed by atoms with Gasteiger partial charge in [-0.15, -0.1) is 0 Å². The highest BCUT2D eigenvalue weighted by Gasteiger charge is 2.17. The summed E-state index contributed by atoms with van der Waals surface area (Å²) in [5.41, 5.74) is 0.790. The van der Waals surface area contributed by atoms with Crippen LogP contribution in [0.3, 0.4) is 0 Å². The van der Waals surface area contributed by atoms with E-state index < -0.39 is 0 Å². The smallest absolute Gasteiger partial charge is 0.311 e. The van der Waals surface area contributed by atoms with E-state index in [0.29, 0.717) is 23.3 Å². The summed E-state index contributed by atoms with van der Waals surface area (Å²) in [6.07, 6.45) is 0.583. The molecule has 0 spiro atoms. The zero-order valence-electron chi connectivity index (χ0n) is 18.8. The zero-order valence-corrected chi connectivity index (χ0v) is 18.8. The predicted molar refractivity (Wildman–Crippen MR) is 113 cm³/mol. The second kappa shape index (κ2) is 11.1. The van der Waals surface area contributed by atoms with E-state index in [9.17, 15) is 14.4 Å². The summed E-state index contributed by atoms with van der Waals surface area (Å²) in [7, 11) is 0. The Labute approximate surface area is 174 Å². The van der Waals surface area contributed by atoms with Gasteiger partial charge in [0.2, 0.25) is 0 Å². The molecule has 162 valence electrons. The first kappa shape index (κ1) is 24.8. The van der Waals surface area contributed by atoms with E-state index in [1.54, 1.807) is 18.2 Å². The van der Waals surface area contributed by atoms with E-state index in [4.69, 9.17) is 9.47 Å². The number of ether oxygens (including phenoxy) is 2. The van der Waals surface area contributed by atoms with Crippen LogP contribution in [0.5, 0.6) is 5.75 Å². The molecule has 6 heteroatoms. The van der Waals surface area contributed by atoms with Crippen molar-refractivity contribution in [2.24, 2.45) is 11.8 Å². The van der Waals surface area contributed by atoms with Gasteiger partial charge in [-0.3, -0.25) is 14.4 Å².